The molecule has 0 aromatic rings. The third kappa shape index (κ3) is 6.11. The van der Waals surface area contributed by atoms with Crippen molar-refractivity contribution in [1.82, 2.24) is 4.90 Å². The number of hydrogen-bond acceptors (Lipinski definition) is 2. The number of rotatable bonds is 7. The molecule has 0 bridgehead atoms. The largest absolute Gasteiger partial charge is 0.395 e. The van der Waals surface area contributed by atoms with Gasteiger partial charge in [-0.15, -0.1) is 0 Å². The van der Waals surface area contributed by atoms with Crippen LogP contribution in [0, 0.1) is 5.41 Å². The van der Waals surface area contributed by atoms with Crippen LogP contribution in [0.1, 0.15) is 53.4 Å². The van der Waals surface area contributed by atoms with Crippen LogP contribution in [0.2, 0.25) is 0 Å². The highest BCUT2D eigenvalue weighted by atomic mass is 16.3. The lowest BCUT2D eigenvalue weighted by molar-refractivity contribution is -0.140. The summed E-state index contributed by atoms with van der Waals surface area (Å²) in [5.74, 6) is 0.137. The maximum absolute atomic E-state index is 12.0. The van der Waals surface area contributed by atoms with Gasteiger partial charge in [-0.25, -0.2) is 0 Å². The van der Waals surface area contributed by atoms with E-state index in [1.54, 1.807) is 4.90 Å². The SMILES string of the molecule is CCCCCCN(CCO)C(=O)C(C)(C)C. The summed E-state index contributed by atoms with van der Waals surface area (Å²) in [5.41, 5.74) is -0.347. The van der Waals surface area contributed by atoms with E-state index >= 15 is 0 Å². The highest BCUT2D eigenvalue weighted by Gasteiger charge is 2.26. The van der Waals surface area contributed by atoms with Gasteiger partial charge >= 0.3 is 0 Å². The average Bonchev–Trinajstić information content (AvgIpc) is 2.20. The number of hydrogen-bond donors (Lipinski definition) is 1. The summed E-state index contributed by atoms with van der Waals surface area (Å²) in [6.45, 7) is 9.23. The van der Waals surface area contributed by atoms with Crippen LogP contribution in [0.3, 0.4) is 0 Å². The molecule has 0 aliphatic carbocycles. The molecule has 0 aliphatic heterocycles. The molecule has 0 unspecified atom stereocenters. The van der Waals surface area contributed by atoms with Crippen molar-refractivity contribution in [3.8, 4) is 0 Å². The zero-order chi connectivity index (χ0) is 12.6. The molecular weight excluding hydrogens is 202 g/mol. The molecule has 0 saturated heterocycles. The van der Waals surface area contributed by atoms with Crippen molar-refractivity contribution < 1.29 is 9.90 Å². The zero-order valence-electron chi connectivity index (χ0n) is 11.3. The van der Waals surface area contributed by atoms with Gasteiger partial charge in [0.1, 0.15) is 0 Å². The molecule has 0 spiro atoms. The first-order chi connectivity index (χ1) is 7.43. The topological polar surface area (TPSA) is 40.5 Å². The van der Waals surface area contributed by atoms with E-state index in [1.165, 1.54) is 12.8 Å². The number of carbonyl (C=O) groups excluding carboxylic acids is 1. The number of unbranched alkanes of at least 4 members (excludes halogenated alkanes) is 3. The van der Waals surface area contributed by atoms with E-state index in [0.717, 1.165) is 19.4 Å². The second-order valence-electron chi connectivity index (χ2n) is 5.33. The van der Waals surface area contributed by atoms with Gasteiger partial charge < -0.3 is 10.0 Å². The maximum atomic E-state index is 12.0. The van der Waals surface area contributed by atoms with E-state index in [9.17, 15) is 4.79 Å². The molecule has 1 amide bonds. The van der Waals surface area contributed by atoms with Crippen molar-refractivity contribution in [1.29, 1.82) is 0 Å². The average molecular weight is 229 g/mol. The monoisotopic (exact) mass is 229 g/mol. The summed E-state index contributed by atoms with van der Waals surface area (Å²) < 4.78 is 0. The Labute approximate surface area is 99.8 Å². The molecule has 96 valence electrons. The number of nitrogens with zero attached hydrogens (tertiary/aromatic N) is 1. The Hall–Kier alpha value is -0.570. The minimum absolute atomic E-state index is 0.0512. The highest BCUT2D eigenvalue weighted by Crippen LogP contribution is 2.17. The Bertz CT molecular complexity index is 197. The fraction of sp³-hybridized carbons (Fsp3) is 0.923. The Kier molecular flexibility index (Phi) is 7.39. The van der Waals surface area contributed by atoms with Crippen molar-refractivity contribution in [2.75, 3.05) is 19.7 Å². The van der Waals surface area contributed by atoms with E-state index in [4.69, 9.17) is 5.11 Å². The van der Waals surface area contributed by atoms with Gasteiger partial charge in [-0.05, 0) is 6.42 Å². The van der Waals surface area contributed by atoms with Crippen LogP contribution in [0.15, 0.2) is 0 Å². The first-order valence-electron chi connectivity index (χ1n) is 6.33. The van der Waals surface area contributed by atoms with Crippen molar-refractivity contribution in [2.24, 2.45) is 5.41 Å². The van der Waals surface area contributed by atoms with E-state index in [2.05, 4.69) is 6.92 Å². The van der Waals surface area contributed by atoms with Crippen molar-refractivity contribution in [3.05, 3.63) is 0 Å². The summed E-state index contributed by atoms with van der Waals surface area (Å²) in [5, 5.41) is 8.96. The molecule has 1 N–H and O–H groups in total. The third-order valence-corrected chi connectivity index (χ3v) is 2.58. The summed E-state index contributed by atoms with van der Waals surface area (Å²) in [4.78, 5) is 13.8. The van der Waals surface area contributed by atoms with Crippen LogP contribution in [0.4, 0.5) is 0 Å². The lowest BCUT2D eigenvalue weighted by Gasteiger charge is -2.29. The third-order valence-electron chi connectivity index (χ3n) is 2.58. The Morgan fingerprint density at radius 1 is 1.12 bits per heavy atom. The first-order valence-corrected chi connectivity index (χ1v) is 6.33. The van der Waals surface area contributed by atoms with Gasteiger partial charge in [0.25, 0.3) is 0 Å². The Morgan fingerprint density at radius 2 is 1.75 bits per heavy atom. The molecule has 0 rings (SSSR count). The summed E-state index contributed by atoms with van der Waals surface area (Å²) in [6.07, 6.45) is 4.62. The standard InChI is InChI=1S/C13H27NO2/c1-5-6-7-8-9-14(10-11-15)12(16)13(2,3)4/h15H,5-11H2,1-4H3. The molecule has 0 aromatic carbocycles. The van der Waals surface area contributed by atoms with Gasteiger partial charge in [-0.2, -0.15) is 0 Å². The molecule has 0 fully saturated rings. The molecule has 0 atom stereocenters. The van der Waals surface area contributed by atoms with E-state index in [0.29, 0.717) is 6.54 Å². The molecule has 0 radical (unpaired) electrons. The van der Waals surface area contributed by atoms with Crippen LogP contribution >= 0.6 is 0 Å². The van der Waals surface area contributed by atoms with Crippen molar-refractivity contribution in [2.45, 2.75) is 53.4 Å². The van der Waals surface area contributed by atoms with Gasteiger partial charge in [0, 0.05) is 18.5 Å². The van der Waals surface area contributed by atoms with Crippen molar-refractivity contribution in [3.63, 3.8) is 0 Å². The number of aliphatic hydroxyl groups excluding tert-OH is 1. The highest BCUT2D eigenvalue weighted by molar-refractivity contribution is 5.81. The normalized spacial score (nSPS) is 11.6. The predicted molar refractivity (Wildman–Crippen MR) is 67.3 cm³/mol. The molecular formula is C13H27NO2. The first kappa shape index (κ1) is 15.4. The van der Waals surface area contributed by atoms with Gasteiger partial charge in [0.05, 0.1) is 6.61 Å². The van der Waals surface area contributed by atoms with Gasteiger partial charge in [0.2, 0.25) is 5.91 Å². The van der Waals surface area contributed by atoms with Crippen molar-refractivity contribution >= 4 is 5.91 Å². The number of amides is 1. The Balaban J connectivity index is 4.11. The van der Waals surface area contributed by atoms with Crippen LogP contribution in [-0.4, -0.2) is 35.6 Å². The van der Waals surface area contributed by atoms with E-state index in [1.807, 2.05) is 20.8 Å². The lowest BCUT2D eigenvalue weighted by atomic mass is 9.94. The van der Waals surface area contributed by atoms with E-state index < -0.39 is 0 Å². The predicted octanol–water partition coefficient (Wildman–Crippen LogP) is 2.43. The van der Waals surface area contributed by atoms with Gasteiger partial charge in [0.15, 0.2) is 0 Å². The molecule has 0 heterocycles. The molecule has 16 heavy (non-hydrogen) atoms. The number of aliphatic hydroxyl groups is 1. The minimum atomic E-state index is -0.347. The van der Waals surface area contributed by atoms with Crippen LogP contribution < -0.4 is 0 Å². The fourth-order valence-corrected chi connectivity index (χ4v) is 1.64. The number of carbonyl (C=O) groups is 1. The zero-order valence-corrected chi connectivity index (χ0v) is 11.3. The molecule has 0 saturated carbocycles. The Morgan fingerprint density at radius 3 is 2.19 bits per heavy atom. The minimum Gasteiger partial charge on any atom is -0.395 e. The quantitative estimate of drug-likeness (QED) is 0.681. The van der Waals surface area contributed by atoms with E-state index in [-0.39, 0.29) is 17.9 Å². The summed E-state index contributed by atoms with van der Waals surface area (Å²) >= 11 is 0. The molecule has 3 heteroatoms. The molecule has 3 nitrogen and oxygen atoms in total. The summed E-state index contributed by atoms with van der Waals surface area (Å²) in [6, 6.07) is 0. The lowest BCUT2D eigenvalue weighted by Crippen LogP contribution is -2.41. The second kappa shape index (κ2) is 7.66. The smallest absolute Gasteiger partial charge is 0.228 e. The fourth-order valence-electron chi connectivity index (χ4n) is 1.64. The van der Waals surface area contributed by atoms with Gasteiger partial charge in [-0.3, -0.25) is 4.79 Å². The molecule has 0 aliphatic rings. The second-order valence-corrected chi connectivity index (χ2v) is 5.33. The molecule has 0 aromatic heterocycles. The summed E-state index contributed by atoms with van der Waals surface area (Å²) in [7, 11) is 0. The van der Waals surface area contributed by atoms with Crippen LogP contribution in [-0.2, 0) is 4.79 Å². The maximum Gasteiger partial charge on any atom is 0.228 e. The van der Waals surface area contributed by atoms with Gasteiger partial charge in [-0.1, -0.05) is 47.0 Å². The van der Waals surface area contributed by atoms with Crippen LogP contribution in [0.5, 0.6) is 0 Å². The van der Waals surface area contributed by atoms with Crippen LogP contribution in [0.25, 0.3) is 0 Å².